The molecule has 2 heterocycles. The fraction of sp³-hybridized carbons (Fsp3) is 0.300. The van der Waals surface area contributed by atoms with Crippen LogP contribution in [0.4, 0.5) is 5.69 Å². The van der Waals surface area contributed by atoms with Crippen molar-refractivity contribution in [3.8, 4) is 18.1 Å². The molecule has 128 valence electrons. The molecule has 0 radical (unpaired) electrons. The molecular formula is C20H21N3O2. The van der Waals surface area contributed by atoms with Crippen LogP contribution in [0.15, 0.2) is 48.8 Å². The third kappa shape index (κ3) is 4.51. The molecule has 1 saturated heterocycles. The van der Waals surface area contributed by atoms with E-state index in [0.29, 0.717) is 17.4 Å². The highest BCUT2D eigenvalue weighted by molar-refractivity contribution is 5.94. The molecule has 1 N–H and O–H groups in total. The van der Waals surface area contributed by atoms with Gasteiger partial charge in [0, 0.05) is 37.1 Å². The number of rotatable bonds is 5. The first kappa shape index (κ1) is 16.8. The van der Waals surface area contributed by atoms with E-state index < -0.39 is 0 Å². The molecule has 1 fully saturated rings. The lowest BCUT2D eigenvalue weighted by Gasteiger charge is -2.33. The van der Waals surface area contributed by atoms with Crippen LogP contribution < -0.4 is 10.1 Å². The Hall–Kier alpha value is -3.00. The molecular weight excluding hydrogens is 314 g/mol. The van der Waals surface area contributed by atoms with Gasteiger partial charge in [0.15, 0.2) is 0 Å². The van der Waals surface area contributed by atoms with E-state index in [1.165, 1.54) is 0 Å². The monoisotopic (exact) mass is 335 g/mol. The van der Waals surface area contributed by atoms with Gasteiger partial charge in [-0.05, 0) is 49.2 Å². The summed E-state index contributed by atoms with van der Waals surface area (Å²) in [5, 5.41) is 3.47. The number of nitrogens with zero attached hydrogens (tertiary/aromatic N) is 2. The van der Waals surface area contributed by atoms with Gasteiger partial charge in [-0.3, -0.25) is 9.78 Å². The number of ether oxygens (including phenoxy) is 1. The first-order valence-corrected chi connectivity index (χ1v) is 8.38. The van der Waals surface area contributed by atoms with Crippen molar-refractivity contribution in [1.82, 2.24) is 9.88 Å². The largest absolute Gasteiger partial charge is 0.481 e. The second-order valence-electron chi connectivity index (χ2n) is 5.97. The van der Waals surface area contributed by atoms with Crippen LogP contribution in [0.5, 0.6) is 5.75 Å². The van der Waals surface area contributed by atoms with Crippen LogP contribution in [0.25, 0.3) is 0 Å². The lowest BCUT2D eigenvalue weighted by molar-refractivity contribution is 0.0718. The smallest absolute Gasteiger partial charge is 0.253 e. The summed E-state index contributed by atoms with van der Waals surface area (Å²) in [6, 6.07) is 11.4. The van der Waals surface area contributed by atoms with Crippen molar-refractivity contribution in [3.63, 3.8) is 0 Å². The molecule has 1 amide bonds. The minimum absolute atomic E-state index is 0.0586. The number of benzene rings is 1. The quantitative estimate of drug-likeness (QED) is 0.854. The highest BCUT2D eigenvalue weighted by Gasteiger charge is 2.23. The summed E-state index contributed by atoms with van der Waals surface area (Å²) in [4.78, 5) is 18.6. The van der Waals surface area contributed by atoms with Gasteiger partial charge in [-0.15, -0.1) is 6.42 Å². The van der Waals surface area contributed by atoms with Crippen LogP contribution in [-0.2, 0) is 0 Å². The van der Waals surface area contributed by atoms with Gasteiger partial charge >= 0.3 is 0 Å². The van der Waals surface area contributed by atoms with E-state index in [1.54, 1.807) is 30.5 Å². The van der Waals surface area contributed by atoms with Crippen molar-refractivity contribution in [3.05, 3.63) is 54.4 Å². The van der Waals surface area contributed by atoms with Gasteiger partial charge in [-0.2, -0.15) is 0 Å². The van der Waals surface area contributed by atoms with Gasteiger partial charge in [0.25, 0.3) is 5.91 Å². The lowest BCUT2D eigenvalue weighted by atomic mass is 10.0. The Morgan fingerprint density at radius 1 is 1.28 bits per heavy atom. The predicted molar refractivity (Wildman–Crippen MR) is 97.6 cm³/mol. The lowest BCUT2D eigenvalue weighted by Crippen LogP contribution is -2.42. The Morgan fingerprint density at radius 2 is 2.04 bits per heavy atom. The average Bonchev–Trinajstić information content (AvgIpc) is 2.68. The normalized spacial score (nSPS) is 14.6. The van der Waals surface area contributed by atoms with E-state index in [2.05, 4.69) is 16.2 Å². The summed E-state index contributed by atoms with van der Waals surface area (Å²) < 4.78 is 5.33. The van der Waals surface area contributed by atoms with Crippen molar-refractivity contribution in [2.45, 2.75) is 18.9 Å². The molecule has 0 saturated carbocycles. The summed E-state index contributed by atoms with van der Waals surface area (Å²) in [5.41, 5.74) is 1.70. The summed E-state index contributed by atoms with van der Waals surface area (Å²) in [7, 11) is 0. The minimum Gasteiger partial charge on any atom is -0.481 e. The summed E-state index contributed by atoms with van der Waals surface area (Å²) in [6.07, 6.45) is 10.6. The van der Waals surface area contributed by atoms with E-state index >= 15 is 0 Å². The fourth-order valence-corrected chi connectivity index (χ4v) is 2.91. The number of terminal acetylenes is 1. The van der Waals surface area contributed by atoms with Crippen molar-refractivity contribution >= 4 is 11.6 Å². The molecule has 0 aliphatic carbocycles. The Bertz CT molecular complexity index is 730. The number of carbonyl (C=O) groups excluding carboxylic acids is 1. The van der Waals surface area contributed by atoms with Crippen molar-refractivity contribution in [1.29, 1.82) is 0 Å². The fourth-order valence-electron chi connectivity index (χ4n) is 2.91. The van der Waals surface area contributed by atoms with Crippen LogP contribution in [0, 0.1) is 12.3 Å². The Balaban J connectivity index is 1.52. The maximum Gasteiger partial charge on any atom is 0.253 e. The molecule has 0 atom stereocenters. The SMILES string of the molecule is C#CCOc1ccc(C(=O)N2CCC(Nc3cccnc3)CC2)cc1. The molecule has 1 aromatic carbocycles. The molecule has 0 spiro atoms. The maximum atomic E-state index is 12.6. The van der Waals surface area contributed by atoms with Gasteiger partial charge in [0.2, 0.25) is 0 Å². The number of aromatic nitrogens is 1. The molecule has 1 aliphatic heterocycles. The average molecular weight is 335 g/mol. The van der Waals surface area contributed by atoms with Gasteiger partial charge in [0.1, 0.15) is 12.4 Å². The van der Waals surface area contributed by atoms with Gasteiger partial charge in [0.05, 0.1) is 5.69 Å². The third-order valence-electron chi connectivity index (χ3n) is 4.24. The van der Waals surface area contributed by atoms with Gasteiger partial charge < -0.3 is 15.0 Å². The molecule has 2 aromatic rings. The van der Waals surface area contributed by atoms with E-state index in [-0.39, 0.29) is 12.5 Å². The second-order valence-corrected chi connectivity index (χ2v) is 5.97. The minimum atomic E-state index is 0.0586. The van der Waals surface area contributed by atoms with Crippen LogP contribution >= 0.6 is 0 Å². The molecule has 0 bridgehead atoms. The van der Waals surface area contributed by atoms with Crippen LogP contribution in [0.3, 0.4) is 0 Å². The van der Waals surface area contributed by atoms with Crippen molar-refractivity contribution in [2.75, 3.05) is 25.0 Å². The van der Waals surface area contributed by atoms with E-state index in [9.17, 15) is 4.79 Å². The highest BCUT2D eigenvalue weighted by Crippen LogP contribution is 2.19. The molecule has 0 unspecified atom stereocenters. The Morgan fingerprint density at radius 3 is 2.68 bits per heavy atom. The maximum absolute atomic E-state index is 12.6. The second kappa shape index (κ2) is 8.20. The van der Waals surface area contributed by atoms with Gasteiger partial charge in [-0.1, -0.05) is 5.92 Å². The standard InChI is InChI=1S/C20H21N3O2/c1-2-14-25-19-7-5-16(6-8-19)20(24)23-12-9-17(10-13-23)22-18-4-3-11-21-15-18/h1,3-8,11,15,17,22H,9-10,12-14H2. The number of hydrogen-bond acceptors (Lipinski definition) is 4. The van der Waals surface area contributed by atoms with Crippen molar-refractivity contribution < 1.29 is 9.53 Å². The number of likely N-dealkylation sites (tertiary alicyclic amines) is 1. The Kier molecular flexibility index (Phi) is 5.53. The molecule has 5 nitrogen and oxygen atoms in total. The van der Waals surface area contributed by atoms with Crippen LogP contribution in [0.1, 0.15) is 23.2 Å². The number of nitrogens with one attached hydrogen (secondary N) is 1. The first-order chi connectivity index (χ1) is 12.3. The number of amides is 1. The molecule has 1 aromatic heterocycles. The van der Waals surface area contributed by atoms with Crippen LogP contribution in [0.2, 0.25) is 0 Å². The van der Waals surface area contributed by atoms with E-state index in [0.717, 1.165) is 31.6 Å². The Labute approximate surface area is 148 Å². The first-order valence-electron chi connectivity index (χ1n) is 8.38. The number of carbonyl (C=O) groups is 1. The zero-order valence-corrected chi connectivity index (χ0v) is 14.0. The number of anilines is 1. The van der Waals surface area contributed by atoms with E-state index in [4.69, 9.17) is 11.2 Å². The predicted octanol–water partition coefficient (Wildman–Crippen LogP) is 2.81. The van der Waals surface area contributed by atoms with Crippen molar-refractivity contribution in [2.24, 2.45) is 0 Å². The molecule has 3 rings (SSSR count). The topological polar surface area (TPSA) is 54.5 Å². The zero-order chi connectivity index (χ0) is 17.5. The number of hydrogen-bond donors (Lipinski definition) is 1. The zero-order valence-electron chi connectivity index (χ0n) is 14.0. The molecule has 25 heavy (non-hydrogen) atoms. The molecule has 1 aliphatic rings. The highest BCUT2D eigenvalue weighted by atomic mass is 16.5. The van der Waals surface area contributed by atoms with Gasteiger partial charge in [-0.25, -0.2) is 0 Å². The third-order valence-corrected chi connectivity index (χ3v) is 4.24. The van der Waals surface area contributed by atoms with E-state index in [1.807, 2.05) is 23.2 Å². The number of pyridine rings is 1. The number of piperidine rings is 1. The summed E-state index contributed by atoms with van der Waals surface area (Å²) in [5.74, 6) is 3.15. The summed E-state index contributed by atoms with van der Waals surface area (Å²) >= 11 is 0. The summed E-state index contributed by atoms with van der Waals surface area (Å²) in [6.45, 7) is 1.71. The molecule has 5 heteroatoms. The van der Waals surface area contributed by atoms with Crippen LogP contribution in [-0.4, -0.2) is 41.5 Å².